The zero-order valence-electron chi connectivity index (χ0n) is 11.4. The maximum atomic E-state index is 6.02. The van der Waals surface area contributed by atoms with E-state index < -0.39 is 0 Å². The highest BCUT2D eigenvalue weighted by molar-refractivity contribution is 5.72. The van der Waals surface area contributed by atoms with E-state index in [1.807, 2.05) is 18.2 Å². The fraction of sp³-hybridized carbons (Fsp3) is 0.250. The van der Waals surface area contributed by atoms with Crippen molar-refractivity contribution in [2.75, 3.05) is 18.2 Å². The van der Waals surface area contributed by atoms with E-state index in [9.17, 15) is 0 Å². The Morgan fingerprint density at radius 2 is 1.74 bits per heavy atom. The molecule has 0 spiro atoms. The molecule has 0 radical (unpaired) electrons. The lowest BCUT2D eigenvalue weighted by atomic mass is 10.1. The van der Waals surface area contributed by atoms with Crippen molar-refractivity contribution in [2.45, 2.75) is 19.9 Å². The number of aryl methyl sites for hydroxylation is 1. The molecule has 0 heterocycles. The van der Waals surface area contributed by atoms with Crippen molar-refractivity contribution in [1.29, 1.82) is 0 Å². The third kappa shape index (κ3) is 3.19. The molecule has 0 unspecified atom stereocenters. The maximum Gasteiger partial charge on any atom is 0.143 e. The number of para-hydroxylation sites is 1. The van der Waals surface area contributed by atoms with Crippen LogP contribution in [0.3, 0.4) is 0 Å². The van der Waals surface area contributed by atoms with E-state index in [4.69, 9.17) is 10.5 Å². The Labute approximate surface area is 114 Å². The minimum atomic E-state index is 0.648. The highest BCUT2D eigenvalue weighted by Crippen LogP contribution is 2.29. The van der Waals surface area contributed by atoms with Gasteiger partial charge in [0.15, 0.2) is 0 Å². The number of nitrogens with two attached hydrogens (primary N) is 1. The first-order chi connectivity index (χ1) is 9.24. The molecule has 2 rings (SSSR count). The van der Waals surface area contributed by atoms with Crippen LogP contribution >= 0.6 is 0 Å². The predicted octanol–water partition coefficient (Wildman–Crippen LogP) is 3.45. The van der Waals surface area contributed by atoms with Crippen LogP contribution in [0.25, 0.3) is 0 Å². The summed E-state index contributed by atoms with van der Waals surface area (Å²) in [4.78, 5) is 0. The van der Waals surface area contributed by atoms with Crippen molar-refractivity contribution < 1.29 is 4.74 Å². The Hall–Kier alpha value is -2.16. The first-order valence-corrected chi connectivity index (χ1v) is 6.48. The van der Waals surface area contributed by atoms with E-state index in [1.54, 1.807) is 7.11 Å². The SMILES string of the molecule is CCc1ccc(CNc2cccc(OC)c2N)cc1. The molecule has 19 heavy (non-hydrogen) atoms. The van der Waals surface area contributed by atoms with Crippen molar-refractivity contribution in [3.05, 3.63) is 53.6 Å². The van der Waals surface area contributed by atoms with Crippen LogP contribution in [0.5, 0.6) is 5.75 Å². The third-order valence-electron chi connectivity index (χ3n) is 3.20. The monoisotopic (exact) mass is 256 g/mol. The fourth-order valence-electron chi connectivity index (χ4n) is 1.97. The molecule has 2 aromatic rings. The topological polar surface area (TPSA) is 47.3 Å². The number of methoxy groups -OCH3 is 1. The summed E-state index contributed by atoms with van der Waals surface area (Å²) in [6, 6.07) is 14.3. The highest BCUT2D eigenvalue weighted by Gasteiger charge is 2.04. The summed E-state index contributed by atoms with van der Waals surface area (Å²) >= 11 is 0. The van der Waals surface area contributed by atoms with Gasteiger partial charge in [0.25, 0.3) is 0 Å². The lowest BCUT2D eigenvalue weighted by molar-refractivity contribution is 0.417. The Balaban J connectivity index is 2.05. The number of ether oxygens (including phenoxy) is 1. The molecule has 0 bridgehead atoms. The second kappa shape index (κ2) is 6.14. The normalized spacial score (nSPS) is 10.2. The highest BCUT2D eigenvalue weighted by atomic mass is 16.5. The van der Waals surface area contributed by atoms with Gasteiger partial charge in [-0.2, -0.15) is 0 Å². The fourth-order valence-corrected chi connectivity index (χ4v) is 1.97. The molecule has 0 aliphatic rings. The molecule has 0 saturated heterocycles. The van der Waals surface area contributed by atoms with Crippen LogP contribution in [-0.2, 0) is 13.0 Å². The van der Waals surface area contributed by atoms with Gasteiger partial charge in [0, 0.05) is 6.54 Å². The molecule has 0 aliphatic heterocycles. The number of nitrogens with one attached hydrogen (secondary N) is 1. The number of hydrogen-bond acceptors (Lipinski definition) is 3. The van der Waals surface area contributed by atoms with Gasteiger partial charge in [0.1, 0.15) is 5.75 Å². The van der Waals surface area contributed by atoms with Gasteiger partial charge in [-0.05, 0) is 29.7 Å². The van der Waals surface area contributed by atoms with Gasteiger partial charge in [-0.1, -0.05) is 37.3 Å². The molecule has 0 amide bonds. The van der Waals surface area contributed by atoms with Crippen LogP contribution in [-0.4, -0.2) is 7.11 Å². The predicted molar refractivity (Wildman–Crippen MR) is 80.6 cm³/mol. The number of rotatable bonds is 5. The maximum absolute atomic E-state index is 6.02. The minimum Gasteiger partial charge on any atom is -0.495 e. The summed E-state index contributed by atoms with van der Waals surface area (Å²) in [6.45, 7) is 2.91. The Kier molecular flexibility index (Phi) is 4.29. The van der Waals surface area contributed by atoms with Crippen LogP contribution in [0.15, 0.2) is 42.5 Å². The van der Waals surface area contributed by atoms with Gasteiger partial charge >= 0.3 is 0 Å². The number of benzene rings is 2. The molecular weight excluding hydrogens is 236 g/mol. The van der Waals surface area contributed by atoms with Gasteiger partial charge in [-0.25, -0.2) is 0 Å². The van der Waals surface area contributed by atoms with Crippen LogP contribution in [0.4, 0.5) is 11.4 Å². The van der Waals surface area contributed by atoms with E-state index in [0.717, 1.165) is 18.7 Å². The summed E-state index contributed by atoms with van der Waals surface area (Å²) in [5, 5.41) is 3.34. The molecule has 3 N–H and O–H groups in total. The Bertz CT molecular complexity index is 535. The van der Waals surface area contributed by atoms with Crippen LogP contribution in [0.1, 0.15) is 18.1 Å². The van der Waals surface area contributed by atoms with Gasteiger partial charge in [-0.3, -0.25) is 0 Å². The van der Waals surface area contributed by atoms with Gasteiger partial charge in [0.05, 0.1) is 18.5 Å². The lowest BCUT2D eigenvalue weighted by Crippen LogP contribution is -2.03. The first-order valence-electron chi connectivity index (χ1n) is 6.48. The minimum absolute atomic E-state index is 0.648. The second-order valence-electron chi connectivity index (χ2n) is 4.45. The van der Waals surface area contributed by atoms with E-state index >= 15 is 0 Å². The van der Waals surface area contributed by atoms with E-state index in [1.165, 1.54) is 11.1 Å². The quantitative estimate of drug-likeness (QED) is 0.805. The molecule has 3 heteroatoms. The third-order valence-corrected chi connectivity index (χ3v) is 3.20. The lowest BCUT2D eigenvalue weighted by Gasteiger charge is -2.12. The molecule has 0 saturated carbocycles. The molecule has 0 aromatic heterocycles. The average Bonchev–Trinajstić information content (AvgIpc) is 2.47. The second-order valence-corrected chi connectivity index (χ2v) is 4.45. The van der Waals surface area contributed by atoms with Crippen LogP contribution in [0, 0.1) is 0 Å². The number of nitrogen functional groups attached to an aromatic ring is 1. The molecule has 2 aromatic carbocycles. The van der Waals surface area contributed by atoms with Gasteiger partial charge in [0.2, 0.25) is 0 Å². The molecule has 0 aliphatic carbocycles. The Morgan fingerprint density at radius 3 is 2.37 bits per heavy atom. The molecule has 0 fully saturated rings. The number of anilines is 2. The Morgan fingerprint density at radius 1 is 1.05 bits per heavy atom. The van der Waals surface area contributed by atoms with Crippen molar-refractivity contribution in [2.24, 2.45) is 0 Å². The van der Waals surface area contributed by atoms with Crippen molar-refractivity contribution >= 4 is 11.4 Å². The van der Waals surface area contributed by atoms with Crippen molar-refractivity contribution in [1.82, 2.24) is 0 Å². The molecular formula is C16H20N2O. The molecule has 0 atom stereocenters. The van der Waals surface area contributed by atoms with E-state index in [2.05, 4.69) is 36.5 Å². The summed E-state index contributed by atoms with van der Waals surface area (Å²) in [6.07, 6.45) is 1.07. The van der Waals surface area contributed by atoms with Gasteiger partial charge < -0.3 is 15.8 Å². The van der Waals surface area contributed by atoms with Gasteiger partial charge in [-0.15, -0.1) is 0 Å². The first kappa shape index (κ1) is 13.3. The zero-order valence-corrected chi connectivity index (χ0v) is 11.4. The summed E-state index contributed by atoms with van der Waals surface area (Å²) in [5.41, 5.74) is 10.2. The largest absolute Gasteiger partial charge is 0.495 e. The van der Waals surface area contributed by atoms with Crippen molar-refractivity contribution in [3.63, 3.8) is 0 Å². The average molecular weight is 256 g/mol. The van der Waals surface area contributed by atoms with E-state index in [0.29, 0.717) is 11.4 Å². The number of hydrogen-bond donors (Lipinski definition) is 2. The zero-order chi connectivity index (χ0) is 13.7. The summed E-state index contributed by atoms with van der Waals surface area (Å²) < 4.78 is 5.20. The summed E-state index contributed by atoms with van der Waals surface area (Å²) in [5.74, 6) is 0.700. The smallest absolute Gasteiger partial charge is 0.143 e. The molecule has 3 nitrogen and oxygen atoms in total. The van der Waals surface area contributed by atoms with E-state index in [-0.39, 0.29) is 0 Å². The van der Waals surface area contributed by atoms with Crippen LogP contribution < -0.4 is 15.8 Å². The van der Waals surface area contributed by atoms with Crippen LogP contribution in [0.2, 0.25) is 0 Å². The standard InChI is InChI=1S/C16H20N2O/c1-3-12-7-9-13(10-8-12)11-18-14-5-4-6-15(19-2)16(14)17/h4-10,18H,3,11,17H2,1-2H3. The summed E-state index contributed by atoms with van der Waals surface area (Å²) in [7, 11) is 1.62. The van der Waals surface area contributed by atoms with Crippen molar-refractivity contribution in [3.8, 4) is 5.75 Å². The molecule has 100 valence electrons.